The van der Waals surface area contributed by atoms with Gasteiger partial charge in [-0.25, -0.2) is 9.59 Å². The number of carbonyl (C=O) groups excluding carboxylic acids is 1. The van der Waals surface area contributed by atoms with Crippen molar-refractivity contribution in [3.63, 3.8) is 0 Å². The predicted molar refractivity (Wildman–Crippen MR) is 71.2 cm³/mol. The highest BCUT2D eigenvalue weighted by Gasteiger charge is 2.25. The van der Waals surface area contributed by atoms with Gasteiger partial charge >= 0.3 is 12.0 Å². The lowest BCUT2D eigenvalue weighted by Crippen LogP contribution is -2.49. The van der Waals surface area contributed by atoms with E-state index < -0.39 is 24.1 Å². The van der Waals surface area contributed by atoms with Crippen LogP contribution in [0.5, 0.6) is 0 Å². The first-order valence-corrected chi connectivity index (χ1v) is 5.87. The summed E-state index contributed by atoms with van der Waals surface area (Å²) in [5.41, 5.74) is 2.38. The van der Waals surface area contributed by atoms with Crippen LogP contribution in [0.15, 0.2) is 18.2 Å². The van der Waals surface area contributed by atoms with Crippen LogP contribution in [0.4, 0.5) is 10.5 Å². The molecule has 0 aliphatic carbocycles. The van der Waals surface area contributed by atoms with Gasteiger partial charge in [0.05, 0.1) is 6.10 Å². The maximum Gasteiger partial charge on any atom is 0.328 e. The van der Waals surface area contributed by atoms with E-state index in [4.69, 9.17) is 5.11 Å². The van der Waals surface area contributed by atoms with Crippen LogP contribution in [-0.2, 0) is 4.79 Å². The van der Waals surface area contributed by atoms with Gasteiger partial charge in [0.1, 0.15) is 0 Å². The lowest BCUT2D eigenvalue weighted by Gasteiger charge is -2.18. The summed E-state index contributed by atoms with van der Waals surface area (Å²) >= 11 is 0. The van der Waals surface area contributed by atoms with Crippen molar-refractivity contribution >= 4 is 17.7 Å². The highest BCUT2D eigenvalue weighted by molar-refractivity contribution is 5.93. The zero-order chi connectivity index (χ0) is 14.6. The first-order chi connectivity index (χ1) is 8.82. The van der Waals surface area contributed by atoms with Gasteiger partial charge in [0.25, 0.3) is 0 Å². The number of carboxylic acids is 1. The minimum atomic E-state index is -1.34. The smallest absolute Gasteiger partial charge is 0.328 e. The highest BCUT2D eigenvalue weighted by atomic mass is 16.4. The highest BCUT2D eigenvalue weighted by Crippen LogP contribution is 2.19. The van der Waals surface area contributed by atoms with E-state index in [1.54, 1.807) is 0 Å². The molecule has 2 amide bonds. The Hall–Kier alpha value is -2.08. The number of aliphatic carboxylic acids is 1. The van der Waals surface area contributed by atoms with Crippen LogP contribution in [0.1, 0.15) is 18.1 Å². The fraction of sp³-hybridized carbons (Fsp3) is 0.385. The van der Waals surface area contributed by atoms with Crippen LogP contribution in [0.3, 0.4) is 0 Å². The second kappa shape index (κ2) is 6.19. The minimum Gasteiger partial charge on any atom is -0.480 e. The Morgan fingerprint density at radius 1 is 1.21 bits per heavy atom. The van der Waals surface area contributed by atoms with Gasteiger partial charge in [0.2, 0.25) is 0 Å². The number of nitrogens with one attached hydrogen (secondary N) is 2. The topological polar surface area (TPSA) is 98.7 Å². The Morgan fingerprint density at radius 3 is 2.16 bits per heavy atom. The van der Waals surface area contributed by atoms with Crippen molar-refractivity contribution in [3.05, 3.63) is 29.3 Å². The molecule has 0 radical (unpaired) electrons. The molecule has 4 N–H and O–H groups in total. The third kappa shape index (κ3) is 3.96. The van der Waals surface area contributed by atoms with Gasteiger partial charge in [-0.1, -0.05) is 18.2 Å². The Balaban J connectivity index is 2.78. The molecule has 0 saturated carbocycles. The van der Waals surface area contributed by atoms with Crippen molar-refractivity contribution in [1.82, 2.24) is 5.32 Å². The Labute approximate surface area is 111 Å². The fourth-order valence-corrected chi connectivity index (χ4v) is 1.69. The maximum atomic E-state index is 11.7. The fourth-order valence-electron chi connectivity index (χ4n) is 1.69. The molecule has 0 aromatic heterocycles. The largest absolute Gasteiger partial charge is 0.480 e. The molecule has 2 unspecified atom stereocenters. The molecule has 6 nitrogen and oxygen atoms in total. The van der Waals surface area contributed by atoms with Crippen LogP contribution < -0.4 is 10.6 Å². The third-order valence-corrected chi connectivity index (χ3v) is 2.75. The molecule has 1 rings (SSSR count). The summed E-state index contributed by atoms with van der Waals surface area (Å²) in [6.45, 7) is 4.98. The zero-order valence-corrected chi connectivity index (χ0v) is 11.1. The number of urea groups is 1. The van der Waals surface area contributed by atoms with Gasteiger partial charge in [-0.05, 0) is 31.9 Å². The second-order valence-electron chi connectivity index (χ2n) is 4.42. The van der Waals surface area contributed by atoms with Crippen molar-refractivity contribution in [2.24, 2.45) is 0 Å². The van der Waals surface area contributed by atoms with Gasteiger partial charge in [-0.2, -0.15) is 0 Å². The third-order valence-electron chi connectivity index (χ3n) is 2.75. The van der Waals surface area contributed by atoms with Crippen LogP contribution in [0.2, 0.25) is 0 Å². The standard InChI is InChI=1S/C13H18N2O4/c1-7-5-4-6-8(2)10(7)14-13(19)15-11(9(3)16)12(17)18/h4-6,9,11,16H,1-3H3,(H,17,18)(H2,14,15,19). The molecule has 0 spiro atoms. The van der Waals surface area contributed by atoms with Crippen molar-refractivity contribution in [1.29, 1.82) is 0 Å². The van der Waals surface area contributed by atoms with Crippen LogP contribution >= 0.6 is 0 Å². The summed E-state index contributed by atoms with van der Waals surface area (Å²) < 4.78 is 0. The number of benzene rings is 1. The molecule has 1 aromatic rings. The molecule has 19 heavy (non-hydrogen) atoms. The molecule has 1 aromatic carbocycles. The SMILES string of the molecule is Cc1cccc(C)c1NC(=O)NC(C(=O)O)C(C)O. The monoisotopic (exact) mass is 266 g/mol. The summed E-state index contributed by atoms with van der Waals surface area (Å²) in [4.78, 5) is 22.6. The average Bonchev–Trinajstić information content (AvgIpc) is 2.30. The summed E-state index contributed by atoms with van der Waals surface area (Å²) in [7, 11) is 0. The van der Waals surface area contributed by atoms with Gasteiger partial charge in [0, 0.05) is 5.69 Å². The van der Waals surface area contributed by atoms with Gasteiger partial charge in [0.15, 0.2) is 6.04 Å². The molecule has 6 heteroatoms. The number of anilines is 1. The molecular weight excluding hydrogens is 248 g/mol. The molecule has 0 saturated heterocycles. The molecule has 104 valence electrons. The number of hydrogen-bond donors (Lipinski definition) is 4. The maximum absolute atomic E-state index is 11.7. The van der Waals surface area contributed by atoms with E-state index in [2.05, 4.69) is 10.6 Å². The molecule has 0 aliphatic heterocycles. The van der Waals surface area contributed by atoms with Crippen molar-refractivity contribution in [3.8, 4) is 0 Å². The number of carbonyl (C=O) groups is 2. The quantitative estimate of drug-likeness (QED) is 0.659. The Kier molecular flexibility index (Phi) is 4.88. The minimum absolute atomic E-state index is 0.634. The van der Waals surface area contributed by atoms with E-state index in [1.807, 2.05) is 32.0 Å². The number of aliphatic hydroxyl groups excluding tert-OH is 1. The summed E-state index contributed by atoms with van der Waals surface area (Å²) in [5, 5.41) is 23.0. The van der Waals surface area contributed by atoms with Gasteiger partial charge in [-0.3, -0.25) is 0 Å². The summed E-state index contributed by atoms with van der Waals surface area (Å²) in [6, 6.07) is 3.54. The first kappa shape index (κ1) is 15.0. The number of rotatable bonds is 4. The molecule has 0 bridgehead atoms. The van der Waals surface area contributed by atoms with E-state index >= 15 is 0 Å². The second-order valence-corrected chi connectivity index (χ2v) is 4.42. The van der Waals surface area contributed by atoms with Crippen molar-refractivity contribution < 1.29 is 19.8 Å². The number of aryl methyl sites for hydroxylation is 2. The average molecular weight is 266 g/mol. The predicted octanol–water partition coefficient (Wildman–Crippen LogP) is 1.26. The van der Waals surface area contributed by atoms with Crippen molar-refractivity contribution in [2.75, 3.05) is 5.32 Å². The lowest BCUT2D eigenvalue weighted by molar-refractivity contribution is -0.141. The van der Waals surface area contributed by atoms with E-state index in [0.717, 1.165) is 11.1 Å². The number of para-hydroxylation sites is 1. The van der Waals surface area contributed by atoms with Crippen LogP contribution in [0, 0.1) is 13.8 Å². The summed E-state index contributed by atoms with van der Waals surface area (Å²) in [5.74, 6) is -1.29. The van der Waals surface area contributed by atoms with E-state index in [-0.39, 0.29) is 0 Å². The lowest BCUT2D eigenvalue weighted by atomic mass is 10.1. The normalized spacial score (nSPS) is 13.5. The Bertz CT molecular complexity index is 465. The molecule has 0 heterocycles. The van der Waals surface area contributed by atoms with Gasteiger partial charge < -0.3 is 20.8 Å². The number of hydrogen-bond acceptors (Lipinski definition) is 3. The number of amides is 2. The van der Waals surface area contributed by atoms with Gasteiger partial charge in [-0.15, -0.1) is 0 Å². The van der Waals surface area contributed by atoms with Crippen LogP contribution in [-0.4, -0.2) is 34.4 Å². The molecular formula is C13H18N2O4. The summed E-state index contributed by atoms with van der Waals surface area (Å²) in [6.07, 6.45) is -1.18. The van der Waals surface area contributed by atoms with Crippen LogP contribution in [0.25, 0.3) is 0 Å². The van der Waals surface area contributed by atoms with E-state index in [9.17, 15) is 14.7 Å². The molecule has 0 fully saturated rings. The Morgan fingerprint density at radius 2 is 1.74 bits per heavy atom. The first-order valence-electron chi connectivity index (χ1n) is 5.87. The molecule has 2 atom stereocenters. The molecule has 0 aliphatic rings. The van der Waals surface area contributed by atoms with E-state index in [1.165, 1.54) is 6.92 Å². The number of aliphatic hydroxyl groups is 1. The van der Waals surface area contributed by atoms with E-state index in [0.29, 0.717) is 5.69 Å². The zero-order valence-electron chi connectivity index (χ0n) is 11.1. The number of carboxylic acid groups (broad SMARTS) is 1. The van der Waals surface area contributed by atoms with Crippen molar-refractivity contribution in [2.45, 2.75) is 32.9 Å².